The Morgan fingerprint density at radius 2 is 2.17 bits per heavy atom. The van der Waals surface area contributed by atoms with E-state index in [9.17, 15) is 4.79 Å². The van der Waals surface area contributed by atoms with E-state index in [-0.39, 0.29) is 11.9 Å². The van der Waals surface area contributed by atoms with Crippen molar-refractivity contribution < 1.29 is 4.79 Å². The summed E-state index contributed by atoms with van der Waals surface area (Å²) < 4.78 is 1.93. The minimum absolute atomic E-state index is 0.0304. The van der Waals surface area contributed by atoms with E-state index in [4.69, 9.17) is 0 Å². The van der Waals surface area contributed by atoms with Gasteiger partial charge in [-0.2, -0.15) is 5.10 Å². The fraction of sp³-hybridized carbons (Fsp3) is 0.474. The van der Waals surface area contributed by atoms with E-state index in [1.54, 1.807) is 0 Å². The average Bonchev–Trinajstić information content (AvgIpc) is 2.87. The predicted octanol–water partition coefficient (Wildman–Crippen LogP) is 2.53. The molecule has 3 rings (SSSR count). The predicted molar refractivity (Wildman–Crippen MR) is 95.2 cm³/mol. The lowest BCUT2D eigenvalue weighted by Crippen LogP contribution is -2.39. The van der Waals surface area contributed by atoms with Crippen LogP contribution in [0.15, 0.2) is 24.3 Å². The summed E-state index contributed by atoms with van der Waals surface area (Å²) in [5, 5.41) is 11.1. The zero-order valence-corrected chi connectivity index (χ0v) is 14.7. The molecule has 1 aliphatic rings. The molecule has 1 aromatic heterocycles. The zero-order chi connectivity index (χ0) is 17.1. The Bertz CT molecular complexity index is 735. The van der Waals surface area contributed by atoms with Gasteiger partial charge in [0.15, 0.2) is 0 Å². The summed E-state index contributed by atoms with van der Waals surface area (Å²) in [6.45, 7) is 8.37. The molecule has 2 heterocycles. The second-order valence-electron chi connectivity index (χ2n) is 6.43. The number of hydrogen-bond donors (Lipinski definition) is 2. The number of nitrogens with one attached hydrogen (secondary N) is 2. The number of carbonyl (C=O) groups excluding carboxylic acids is 1. The van der Waals surface area contributed by atoms with Gasteiger partial charge in [-0.05, 0) is 44.4 Å². The first-order chi connectivity index (χ1) is 11.6. The molecule has 0 saturated heterocycles. The number of aryl methyl sites for hydroxylation is 2. The number of amides is 1. The van der Waals surface area contributed by atoms with Crippen molar-refractivity contribution in [2.75, 3.05) is 13.1 Å². The summed E-state index contributed by atoms with van der Waals surface area (Å²) in [5.74, 6) is -0.0304. The van der Waals surface area contributed by atoms with Crippen LogP contribution in [0.2, 0.25) is 0 Å². The Hall–Kier alpha value is -2.14. The first-order valence-corrected chi connectivity index (χ1v) is 8.75. The van der Waals surface area contributed by atoms with E-state index in [0.29, 0.717) is 12.1 Å². The van der Waals surface area contributed by atoms with Crippen molar-refractivity contribution in [3.63, 3.8) is 0 Å². The van der Waals surface area contributed by atoms with Gasteiger partial charge in [-0.1, -0.05) is 31.2 Å². The summed E-state index contributed by atoms with van der Waals surface area (Å²) in [6.07, 6.45) is 2.05. The van der Waals surface area contributed by atoms with Crippen molar-refractivity contribution in [2.24, 2.45) is 0 Å². The number of fused-ring (bicyclic) bond motifs is 1. The monoisotopic (exact) mass is 326 g/mol. The van der Waals surface area contributed by atoms with Crippen LogP contribution < -0.4 is 10.6 Å². The van der Waals surface area contributed by atoms with Crippen LogP contribution in [0.4, 0.5) is 0 Å². The van der Waals surface area contributed by atoms with Gasteiger partial charge in [-0.15, -0.1) is 0 Å². The van der Waals surface area contributed by atoms with Crippen molar-refractivity contribution in [1.29, 1.82) is 0 Å². The van der Waals surface area contributed by atoms with Crippen LogP contribution in [-0.4, -0.2) is 28.8 Å². The Balaban J connectivity index is 1.71. The SMILES string of the molecule is CCCn1nc(C)c(C(=O)NCC2NCCc3ccccc32)c1C. The molecule has 1 amide bonds. The molecular weight excluding hydrogens is 300 g/mol. The highest BCUT2D eigenvalue weighted by Crippen LogP contribution is 2.22. The summed E-state index contributed by atoms with van der Waals surface area (Å²) in [7, 11) is 0. The van der Waals surface area contributed by atoms with Crippen molar-refractivity contribution >= 4 is 5.91 Å². The smallest absolute Gasteiger partial charge is 0.255 e. The molecule has 1 atom stereocenters. The van der Waals surface area contributed by atoms with Crippen LogP contribution in [0.25, 0.3) is 0 Å². The zero-order valence-electron chi connectivity index (χ0n) is 14.7. The van der Waals surface area contributed by atoms with Crippen molar-refractivity contribution in [1.82, 2.24) is 20.4 Å². The quantitative estimate of drug-likeness (QED) is 0.888. The van der Waals surface area contributed by atoms with Crippen LogP contribution >= 0.6 is 0 Å². The summed E-state index contributed by atoms with van der Waals surface area (Å²) in [6, 6.07) is 8.63. The molecule has 0 fully saturated rings. The van der Waals surface area contributed by atoms with Crippen molar-refractivity contribution in [3.8, 4) is 0 Å². The van der Waals surface area contributed by atoms with Gasteiger partial charge in [0, 0.05) is 24.8 Å². The van der Waals surface area contributed by atoms with Gasteiger partial charge in [-0.3, -0.25) is 9.48 Å². The molecule has 0 radical (unpaired) electrons. The second-order valence-corrected chi connectivity index (χ2v) is 6.43. The van der Waals surface area contributed by atoms with Gasteiger partial charge in [0.2, 0.25) is 0 Å². The van der Waals surface area contributed by atoms with Gasteiger partial charge >= 0.3 is 0 Å². The number of nitrogens with zero attached hydrogens (tertiary/aromatic N) is 2. The van der Waals surface area contributed by atoms with Crippen LogP contribution in [-0.2, 0) is 13.0 Å². The third kappa shape index (κ3) is 3.22. The minimum Gasteiger partial charge on any atom is -0.350 e. The van der Waals surface area contributed by atoms with Crippen LogP contribution in [0.1, 0.15) is 52.3 Å². The lowest BCUT2D eigenvalue weighted by molar-refractivity contribution is 0.0947. The maximum Gasteiger partial charge on any atom is 0.255 e. The molecule has 24 heavy (non-hydrogen) atoms. The normalized spacial score (nSPS) is 16.7. The lowest BCUT2D eigenvalue weighted by Gasteiger charge is -2.27. The highest BCUT2D eigenvalue weighted by molar-refractivity contribution is 5.96. The van der Waals surface area contributed by atoms with E-state index in [2.05, 4.69) is 46.9 Å². The molecule has 1 aliphatic heterocycles. The molecule has 1 unspecified atom stereocenters. The Morgan fingerprint density at radius 1 is 1.38 bits per heavy atom. The highest BCUT2D eigenvalue weighted by Gasteiger charge is 2.22. The molecule has 0 spiro atoms. The van der Waals surface area contributed by atoms with Crippen molar-refractivity contribution in [3.05, 3.63) is 52.3 Å². The molecule has 0 bridgehead atoms. The molecule has 5 heteroatoms. The third-order valence-corrected chi connectivity index (χ3v) is 4.73. The number of carbonyl (C=O) groups is 1. The second kappa shape index (κ2) is 7.18. The summed E-state index contributed by atoms with van der Waals surface area (Å²) >= 11 is 0. The molecule has 2 N–H and O–H groups in total. The van der Waals surface area contributed by atoms with Gasteiger partial charge in [0.25, 0.3) is 5.91 Å². The number of aromatic nitrogens is 2. The number of hydrogen-bond acceptors (Lipinski definition) is 3. The molecule has 1 aromatic carbocycles. The van der Waals surface area contributed by atoms with Gasteiger partial charge < -0.3 is 10.6 Å². The van der Waals surface area contributed by atoms with Crippen LogP contribution in [0.5, 0.6) is 0 Å². The van der Waals surface area contributed by atoms with E-state index >= 15 is 0 Å². The van der Waals surface area contributed by atoms with E-state index in [1.807, 2.05) is 18.5 Å². The Kier molecular flexibility index (Phi) is 5.00. The maximum atomic E-state index is 12.7. The first kappa shape index (κ1) is 16.7. The third-order valence-electron chi connectivity index (χ3n) is 4.73. The maximum absolute atomic E-state index is 12.7. The Labute approximate surface area is 143 Å². The number of benzene rings is 1. The number of rotatable bonds is 5. The van der Waals surface area contributed by atoms with E-state index in [1.165, 1.54) is 11.1 Å². The average molecular weight is 326 g/mol. The molecular formula is C19H26N4O. The standard InChI is InChI=1S/C19H26N4O/c1-4-11-23-14(3)18(13(2)22-23)19(24)21-12-17-16-8-6-5-7-15(16)9-10-20-17/h5-8,17,20H,4,9-12H2,1-3H3,(H,21,24). The topological polar surface area (TPSA) is 59.0 Å². The van der Waals surface area contributed by atoms with Gasteiger partial charge in [0.1, 0.15) is 0 Å². The van der Waals surface area contributed by atoms with E-state index in [0.717, 1.165) is 37.3 Å². The molecule has 0 saturated carbocycles. The molecule has 0 aliphatic carbocycles. The van der Waals surface area contributed by atoms with Gasteiger partial charge in [-0.25, -0.2) is 0 Å². The first-order valence-electron chi connectivity index (χ1n) is 8.75. The lowest BCUT2D eigenvalue weighted by atomic mass is 9.94. The fourth-order valence-corrected chi connectivity index (χ4v) is 3.51. The molecule has 128 valence electrons. The molecule has 2 aromatic rings. The van der Waals surface area contributed by atoms with Crippen molar-refractivity contribution in [2.45, 2.75) is 46.2 Å². The molecule has 5 nitrogen and oxygen atoms in total. The summed E-state index contributed by atoms with van der Waals surface area (Å²) in [4.78, 5) is 12.7. The summed E-state index contributed by atoms with van der Waals surface area (Å²) in [5.41, 5.74) is 5.13. The van der Waals surface area contributed by atoms with E-state index < -0.39 is 0 Å². The van der Waals surface area contributed by atoms with Crippen LogP contribution in [0, 0.1) is 13.8 Å². The largest absolute Gasteiger partial charge is 0.350 e. The Morgan fingerprint density at radius 3 is 2.96 bits per heavy atom. The minimum atomic E-state index is -0.0304. The van der Waals surface area contributed by atoms with Crippen LogP contribution in [0.3, 0.4) is 0 Å². The fourth-order valence-electron chi connectivity index (χ4n) is 3.51. The van der Waals surface area contributed by atoms with Gasteiger partial charge in [0.05, 0.1) is 11.3 Å². The highest BCUT2D eigenvalue weighted by atomic mass is 16.1.